The highest BCUT2D eigenvalue weighted by Crippen LogP contribution is 2.35. The first-order valence-corrected chi connectivity index (χ1v) is 12.5. The van der Waals surface area contributed by atoms with Crippen LogP contribution in [-0.2, 0) is 32.4 Å². The molecule has 0 aliphatic heterocycles. The van der Waals surface area contributed by atoms with E-state index in [1.165, 1.54) is 22.6 Å². The van der Waals surface area contributed by atoms with E-state index in [0.717, 1.165) is 52.3 Å². The number of thiazole rings is 1. The maximum absolute atomic E-state index is 13.2. The van der Waals surface area contributed by atoms with E-state index < -0.39 is 0 Å². The summed E-state index contributed by atoms with van der Waals surface area (Å²) in [6.45, 7) is 3.43. The molecular formula is C24H25FN4OS2. The van der Waals surface area contributed by atoms with Crippen molar-refractivity contribution in [1.29, 1.82) is 0 Å². The SMILES string of the molecule is Cc1csc(CN(C)C2CCc3c(sc4ncn(CCc5ccc(F)cc5)c(=O)c34)C2)n1. The Hall–Kier alpha value is -2.42. The number of likely N-dealkylation sites (N-methyl/N-ethyl adjacent to an activating group) is 1. The van der Waals surface area contributed by atoms with Crippen LogP contribution in [0.4, 0.5) is 4.39 Å². The zero-order valence-corrected chi connectivity index (χ0v) is 19.8. The lowest BCUT2D eigenvalue weighted by atomic mass is 9.92. The molecule has 0 fully saturated rings. The fraction of sp³-hybridized carbons (Fsp3) is 0.375. The maximum Gasteiger partial charge on any atom is 0.262 e. The van der Waals surface area contributed by atoms with Gasteiger partial charge in [-0.25, -0.2) is 14.4 Å². The Balaban J connectivity index is 1.34. The average Bonchev–Trinajstić information content (AvgIpc) is 3.37. The number of nitrogens with zero attached hydrogens (tertiary/aromatic N) is 4. The van der Waals surface area contributed by atoms with E-state index >= 15 is 0 Å². The smallest absolute Gasteiger partial charge is 0.262 e. The first kappa shape index (κ1) is 21.4. The second kappa shape index (κ2) is 8.84. The van der Waals surface area contributed by atoms with Gasteiger partial charge in [0.25, 0.3) is 5.56 Å². The van der Waals surface area contributed by atoms with Gasteiger partial charge in [0.05, 0.1) is 18.3 Å². The molecule has 0 amide bonds. The van der Waals surface area contributed by atoms with Crippen LogP contribution in [-0.4, -0.2) is 32.5 Å². The van der Waals surface area contributed by atoms with Crippen molar-refractivity contribution in [2.45, 2.75) is 51.7 Å². The molecule has 4 aromatic rings. The molecule has 8 heteroatoms. The van der Waals surface area contributed by atoms with Crippen LogP contribution in [0.5, 0.6) is 0 Å². The van der Waals surface area contributed by atoms with E-state index in [4.69, 9.17) is 0 Å². The molecule has 0 N–H and O–H groups in total. The van der Waals surface area contributed by atoms with Crippen LogP contribution in [0.2, 0.25) is 0 Å². The standard InChI is InChI=1S/C24H25FN4OS2/c1-15-13-31-21(27-15)12-28(2)18-7-8-19-20(11-18)32-23-22(19)24(30)29(14-26-23)10-9-16-3-5-17(25)6-4-16/h3-6,13-14,18H,7-12H2,1-2H3. The maximum atomic E-state index is 13.2. The molecule has 3 heterocycles. The highest BCUT2D eigenvalue weighted by molar-refractivity contribution is 7.18. The lowest BCUT2D eigenvalue weighted by Crippen LogP contribution is -2.35. The fourth-order valence-corrected chi connectivity index (χ4v) is 6.52. The molecule has 0 saturated carbocycles. The minimum atomic E-state index is -0.246. The van der Waals surface area contributed by atoms with Gasteiger partial charge in [0.1, 0.15) is 15.7 Å². The van der Waals surface area contributed by atoms with Crippen LogP contribution < -0.4 is 5.56 Å². The number of halogens is 1. The summed E-state index contributed by atoms with van der Waals surface area (Å²) in [7, 11) is 2.17. The number of aryl methyl sites for hydroxylation is 4. The molecule has 0 spiro atoms. The predicted molar refractivity (Wildman–Crippen MR) is 128 cm³/mol. The van der Waals surface area contributed by atoms with Gasteiger partial charge in [-0.2, -0.15) is 0 Å². The highest BCUT2D eigenvalue weighted by atomic mass is 32.1. The van der Waals surface area contributed by atoms with E-state index in [9.17, 15) is 9.18 Å². The van der Waals surface area contributed by atoms with Gasteiger partial charge in [-0.1, -0.05) is 12.1 Å². The van der Waals surface area contributed by atoms with Crippen LogP contribution >= 0.6 is 22.7 Å². The van der Waals surface area contributed by atoms with Crippen molar-refractivity contribution in [3.8, 4) is 0 Å². The zero-order chi connectivity index (χ0) is 22.2. The van der Waals surface area contributed by atoms with Crippen LogP contribution in [0.1, 0.15) is 33.1 Å². The number of hydrogen-bond acceptors (Lipinski definition) is 6. The van der Waals surface area contributed by atoms with Crippen molar-refractivity contribution >= 4 is 32.9 Å². The van der Waals surface area contributed by atoms with E-state index in [1.54, 1.807) is 45.7 Å². The van der Waals surface area contributed by atoms with E-state index in [-0.39, 0.29) is 11.4 Å². The Morgan fingerprint density at radius 1 is 1.28 bits per heavy atom. The topological polar surface area (TPSA) is 51.0 Å². The Morgan fingerprint density at radius 2 is 2.09 bits per heavy atom. The van der Waals surface area contributed by atoms with Gasteiger partial charge in [0.2, 0.25) is 0 Å². The Morgan fingerprint density at radius 3 is 2.84 bits per heavy atom. The predicted octanol–water partition coefficient (Wildman–Crippen LogP) is 4.59. The van der Waals surface area contributed by atoms with Crippen molar-refractivity contribution < 1.29 is 4.39 Å². The lowest BCUT2D eigenvalue weighted by molar-refractivity contribution is 0.215. The average molecular weight is 469 g/mol. The van der Waals surface area contributed by atoms with E-state index in [0.29, 0.717) is 19.0 Å². The Bertz CT molecular complexity index is 1310. The molecule has 1 aliphatic carbocycles. The molecule has 0 saturated heterocycles. The Labute approximate surface area is 194 Å². The third kappa shape index (κ3) is 4.27. The molecule has 5 rings (SSSR count). The number of fused-ring (bicyclic) bond motifs is 3. The molecule has 3 aromatic heterocycles. The largest absolute Gasteiger partial charge is 0.298 e. The molecule has 1 atom stereocenters. The van der Waals surface area contributed by atoms with Gasteiger partial charge in [0.15, 0.2) is 0 Å². The number of hydrogen-bond donors (Lipinski definition) is 0. The summed E-state index contributed by atoms with van der Waals surface area (Å²) in [5.74, 6) is -0.246. The van der Waals surface area contributed by atoms with Crippen molar-refractivity contribution in [1.82, 2.24) is 19.4 Å². The number of aromatic nitrogens is 3. The monoisotopic (exact) mass is 468 g/mol. The van der Waals surface area contributed by atoms with Gasteiger partial charge in [-0.05, 0) is 62.9 Å². The number of thiophene rings is 1. The Kier molecular flexibility index (Phi) is 5.92. The van der Waals surface area contributed by atoms with Gasteiger partial charge in [-0.3, -0.25) is 14.3 Å². The van der Waals surface area contributed by atoms with Crippen molar-refractivity contribution in [2.24, 2.45) is 0 Å². The summed E-state index contributed by atoms with van der Waals surface area (Å²) < 4.78 is 14.8. The van der Waals surface area contributed by atoms with Crippen LogP contribution in [0.25, 0.3) is 10.2 Å². The summed E-state index contributed by atoms with van der Waals surface area (Å²) >= 11 is 3.38. The van der Waals surface area contributed by atoms with Crippen LogP contribution in [0.15, 0.2) is 40.8 Å². The van der Waals surface area contributed by atoms with Crippen LogP contribution in [0, 0.1) is 12.7 Å². The van der Waals surface area contributed by atoms with E-state index in [2.05, 4.69) is 27.3 Å². The van der Waals surface area contributed by atoms with E-state index in [1.807, 2.05) is 6.92 Å². The van der Waals surface area contributed by atoms with Crippen LogP contribution in [0.3, 0.4) is 0 Å². The second-order valence-corrected chi connectivity index (χ2v) is 10.5. The van der Waals surface area contributed by atoms with Crippen molar-refractivity contribution in [3.63, 3.8) is 0 Å². The summed E-state index contributed by atoms with van der Waals surface area (Å²) in [6, 6.07) is 6.89. The summed E-state index contributed by atoms with van der Waals surface area (Å²) in [5, 5.41) is 4.04. The van der Waals surface area contributed by atoms with Gasteiger partial charge in [0, 0.05) is 28.5 Å². The van der Waals surface area contributed by atoms with Gasteiger partial charge >= 0.3 is 0 Å². The van der Waals surface area contributed by atoms with Gasteiger partial charge in [-0.15, -0.1) is 22.7 Å². The molecule has 5 nitrogen and oxygen atoms in total. The molecule has 1 aromatic carbocycles. The minimum absolute atomic E-state index is 0.0414. The zero-order valence-electron chi connectivity index (χ0n) is 18.2. The summed E-state index contributed by atoms with van der Waals surface area (Å²) in [6.07, 6.45) is 5.21. The minimum Gasteiger partial charge on any atom is -0.298 e. The molecule has 1 aliphatic rings. The third-order valence-electron chi connectivity index (χ3n) is 6.24. The first-order chi connectivity index (χ1) is 15.5. The number of benzene rings is 1. The second-order valence-electron chi connectivity index (χ2n) is 8.50. The van der Waals surface area contributed by atoms with Crippen molar-refractivity contribution in [2.75, 3.05) is 7.05 Å². The quantitative estimate of drug-likeness (QED) is 0.415. The number of rotatable bonds is 6. The summed E-state index contributed by atoms with van der Waals surface area (Å²) in [5.41, 5.74) is 3.32. The molecule has 0 radical (unpaired) electrons. The molecule has 166 valence electrons. The molecule has 0 bridgehead atoms. The first-order valence-electron chi connectivity index (χ1n) is 10.8. The normalized spacial score (nSPS) is 16.1. The van der Waals surface area contributed by atoms with Gasteiger partial charge < -0.3 is 0 Å². The van der Waals surface area contributed by atoms with Crippen molar-refractivity contribution in [3.05, 3.63) is 78.8 Å². The molecule has 32 heavy (non-hydrogen) atoms. The third-order valence-corrected chi connectivity index (χ3v) is 8.35. The molecule has 1 unspecified atom stereocenters. The highest BCUT2D eigenvalue weighted by Gasteiger charge is 2.27. The summed E-state index contributed by atoms with van der Waals surface area (Å²) in [4.78, 5) is 27.0. The lowest BCUT2D eigenvalue weighted by Gasteiger charge is -2.30. The fourth-order valence-electron chi connectivity index (χ4n) is 4.44. The molecular weight excluding hydrogens is 443 g/mol.